The molecule has 0 fully saturated rings. The Kier molecular flexibility index (Phi) is 6.26. The molecular weight excluding hydrogens is 350 g/mol. The first-order chi connectivity index (χ1) is 13.5. The third-order valence-corrected chi connectivity index (χ3v) is 5.10. The number of benzene rings is 2. The lowest BCUT2D eigenvalue weighted by Gasteiger charge is -2.18. The highest BCUT2D eigenvalue weighted by atomic mass is 16.2. The van der Waals surface area contributed by atoms with Crippen LogP contribution in [-0.4, -0.2) is 34.7 Å². The van der Waals surface area contributed by atoms with Crippen LogP contribution in [0.5, 0.6) is 0 Å². The molecule has 5 heteroatoms. The summed E-state index contributed by atoms with van der Waals surface area (Å²) in [6, 6.07) is 15.7. The number of aromatic nitrogens is 1. The molecule has 0 atom stereocenters. The second-order valence-corrected chi connectivity index (χ2v) is 6.96. The Labute approximate surface area is 165 Å². The van der Waals surface area contributed by atoms with Gasteiger partial charge in [0.2, 0.25) is 0 Å². The van der Waals surface area contributed by atoms with E-state index in [1.165, 1.54) is 5.56 Å². The number of para-hydroxylation sites is 1. The average molecular weight is 377 g/mol. The van der Waals surface area contributed by atoms with Crippen LogP contribution in [0.3, 0.4) is 0 Å². The molecule has 5 nitrogen and oxygen atoms in total. The van der Waals surface area contributed by atoms with E-state index < -0.39 is 11.7 Å². The molecule has 2 aromatic carbocycles. The number of Topliss-reactive ketones (excluding diaryl/α,β-unsaturated/α-hetero) is 1. The molecule has 0 saturated carbocycles. The molecule has 2 N–H and O–H groups in total. The lowest BCUT2D eigenvalue weighted by molar-refractivity contribution is -0.117. The highest BCUT2D eigenvalue weighted by molar-refractivity contribution is 6.45. The van der Waals surface area contributed by atoms with Crippen molar-refractivity contribution < 1.29 is 9.59 Å². The van der Waals surface area contributed by atoms with Crippen LogP contribution >= 0.6 is 0 Å². The molecule has 1 amide bonds. The van der Waals surface area contributed by atoms with Gasteiger partial charge >= 0.3 is 0 Å². The third kappa shape index (κ3) is 4.31. The first-order valence-corrected chi connectivity index (χ1v) is 9.73. The minimum Gasteiger partial charge on any atom is -0.358 e. The number of carbonyl (C=O) groups is 2. The van der Waals surface area contributed by atoms with Crippen molar-refractivity contribution in [2.45, 2.75) is 33.9 Å². The number of nitrogens with zero attached hydrogens (tertiary/aromatic N) is 1. The zero-order valence-electron chi connectivity index (χ0n) is 16.7. The molecule has 0 bridgehead atoms. The molecule has 1 aromatic heterocycles. The Bertz CT molecular complexity index is 969. The smallest absolute Gasteiger partial charge is 0.292 e. The number of H-pyrrole nitrogens is 1. The number of amides is 1. The molecule has 28 heavy (non-hydrogen) atoms. The molecule has 3 aromatic rings. The summed E-state index contributed by atoms with van der Waals surface area (Å²) in [5.41, 5.74) is 4.23. The molecule has 1 heterocycles. The second-order valence-electron chi connectivity index (χ2n) is 6.96. The van der Waals surface area contributed by atoms with Crippen molar-refractivity contribution in [3.63, 3.8) is 0 Å². The second kappa shape index (κ2) is 8.85. The Hall–Kier alpha value is -2.92. The lowest BCUT2D eigenvalue weighted by Crippen LogP contribution is -2.30. The number of fused-ring (bicyclic) bond motifs is 1. The Morgan fingerprint density at radius 2 is 1.61 bits per heavy atom. The minimum atomic E-state index is -0.583. The zero-order chi connectivity index (χ0) is 20.1. The van der Waals surface area contributed by atoms with E-state index in [1.54, 1.807) is 0 Å². The van der Waals surface area contributed by atoms with Crippen molar-refractivity contribution in [1.82, 2.24) is 15.2 Å². The van der Waals surface area contributed by atoms with Crippen LogP contribution in [0.2, 0.25) is 0 Å². The molecule has 0 saturated heterocycles. The number of aromatic amines is 1. The van der Waals surface area contributed by atoms with Crippen molar-refractivity contribution >= 4 is 22.6 Å². The molecular formula is C23H27N3O2. The summed E-state index contributed by atoms with van der Waals surface area (Å²) in [4.78, 5) is 30.6. The van der Waals surface area contributed by atoms with Crippen LogP contribution in [0.25, 0.3) is 10.9 Å². The van der Waals surface area contributed by atoms with Gasteiger partial charge in [0.15, 0.2) is 0 Å². The Balaban J connectivity index is 1.63. The number of rotatable bonds is 8. The van der Waals surface area contributed by atoms with Gasteiger partial charge in [-0.15, -0.1) is 0 Å². The summed E-state index contributed by atoms with van der Waals surface area (Å²) in [5.74, 6) is -1.09. The molecule has 3 rings (SSSR count). The first-order valence-electron chi connectivity index (χ1n) is 9.73. The maximum Gasteiger partial charge on any atom is 0.292 e. The van der Waals surface area contributed by atoms with Gasteiger partial charge in [0.1, 0.15) is 0 Å². The molecule has 0 radical (unpaired) electrons. The molecule has 0 unspecified atom stereocenters. The normalized spacial score (nSPS) is 11.1. The van der Waals surface area contributed by atoms with Crippen molar-refractivity contribution in [1.29, 1.82) is 0 Å². The predicted molar refractivity (Wildman–Crippen MR) is 112 cm³/mol. The van der Waals surface area contributed by atoms with Crippen molar-refractivity contribution in [2.75, 3.05) is 13.1 Å². The maximum absolute atomic E-state index is 12.7. The van der Waals surface area contributed by atoms with Crippen LogP contribution < -0.4 is 5.32 Å². The topological polar surface area (TPSA) is 65.2 Å². The van der Waals surface area contributed by atoms with Gasteiger partial charge in [-0.05, 0) is 37.2 Å². The van der Waals surface area contributed by atoms with Gasteiger partial charge in [0, 0.05) is 29.7 Å². The standard InChI is InChI=1S/C23H27N3O2/c1-4-26(5-2)15-18-12-10-17(11-13-18)14-24-23(28)22(27)21-16(3)25-20-9-7-6-8-19(20)21/h6-13,25H,4-5,14-15H2,1-3H3,(H,24,28). The van der Waals surface area contributed by atoms with Crippen molar-refractivity contribution in [2.24, 2.45) is 0 Å². The third-order valence-electron chi connectivity index (χ3n) is 5.10. The van der Waals surface area contributed by atoms with E-state index in [0.29, 0.717) is 17.8 Å². The molecule has 0 aliphatic rings. The monoisotopic (exact) mass is 377 g/mol. The average Bonchev–Trinajstić information content (AvgIpc) is 3.06. The quantitative estimate of drug-likeness (QED) is 0.463. The fourth-order valence-electron chi connectivity index (χ4n) is 3.41. The highest BCUT2D eigenvalue weighted by Gasteiger charge is 2.22. The number of hydrogen-bond acceptors (Lipinski definition) is 3. The SMILES string of the molecule is CCN(CC)Cc1ccc(CNC(=O)C(=O)c2c(C)[nH]c3ccccc23)cc1. The molecule has 0 aliphatic carbocycles. The summed E-state index contributed by atoms with van der Waals surface area (Å²) in [7, 11) is 0. The largest absolute Gasteiger partial charge is 0.358 e. The van der Waals surface area contributed by atoms with E-state index in [9.17, 15) is 9.59 Å². The van der Waals surface area contributed by atoms with E-state index >= 15 is 0 Å². The van der Waals surface area contributed by atoms with E-state index in [4.69, 9.17) is 0 Å². The summed E-state index contributed by atoms with van der Waals surface area (Å²) in [6.45, 7) is 9.40. The fourth-order valence-corrected chi connectivity index (χ4v) is 3.41. The Morgan fingerprint density at radius 3 is 2.29 bits per heavy atom. The van der Waals surface area contributed by atoms with E-state index in [0.717, 1.165) is 36.1 Å². The van der Waals surface area contributed by atoms with Crippen LogP contribution in [0, 0.1) is 6.92 Å². The highest BCUT2D eigenvalue weighted by Crippen LogP contribution is 2.22. The van der Waals surface area contributed by atoms with Gasteiger partial charge in [0.05, 0.1) is 5.56 Å². The van der Waals surface area contributed by atoms with Crippen LogP contribution in [0.15, 0.2) is 48.5 Å². The van der Waals surface area contributed by atoms with Gasteiger partial charge in [-0.2, -0.15) is 0 Å². The van der Waals surface area contributed by atoms with Crippen molar-refractivity contribution in [3.05, 3.63) is 70.9 Å². The van der Waals surface area contributed by atoms with Crippen LogP contribution in [0.4, 0.5) is 0 Å². The van der Waals surface area contributed by atoms with Crippen molar-refractivity contribution in [3.8, 4) is 0 Å². The molecule has 0 aliphatic heterocycles. The number of hydrogen-bond donors (Lipinski definition) is 2. The summed E-state index contributed by atoms with van der Waals surface area (Å²) >= 11 is 0. The molecule has 0 spiro atoms. The fraction of sp³-hybridized carbons (Fsp3) is 0.304. The molecule has 146 valence electrons. The van der Waals surface area contributed by atoms with E-state index in [-0.39, 0.29) is 0 Å². The van der Waals surface area contributed by atoms with Gasteiger partial charge in [0.25, 0.3) is 11.7 Å². The van der Waals surface area contributed by atoms with Crippen LogP contribution in [-0.2, 0) is 17.9 Å². The van der Waals surface area contributed by atoms with Gasteiger partial charge in [-0.25, -0.2) is 0 Å². The van der Waals surface area contributed by atoms with E-state index in [1.807, 2.05) is 43.3 Å². The van der Waals surface area contributed by atoms with Gasteiger partial charge < -0.3 is 10.3 Å². The van der Waals surface area contributed by atoms with Crippen LogP contribution in [0.1, 0.15) is 41.0 Å². The number of nitrogens with one attached hydrogen (secondary N) is 2. The summed E-state index contributed by atoms with van der Waals surface area (Å²) in [6.07, 6.45) is 0. The summed E-state index contributed by atoms with van der Waals surface area (Å²) in [5, 5.41) is 3.53. The number of ketones is 1. The van der Waals surface area contributed by atoms with Gasteiger partial charge in [-0.1, -0.05) is 56.3 Å². The van der Waals surface area contributed by atoms with Gasteiger partial charge in [-0.3, -0.25) is 14.5 Å². The maximum atomic E-state index is 12.7. The van der Waals surface area contributed by atoms with E-state index in [2.05, 4.69) is 41.2 Å². The number of aryl methyl sites for hydroxylation is 1. The summed E-state index contributed by atoms with van der Waals surface area (Å²) < 4.78 is 0. The first kappa shape index (κ1) is 19.8. The predicted octanol–water partition coefficient (Wildman–Crippen LogP) is 3.82. The zero-order valence-corrected chi connectivity index (χ0v) is 16.7. The minimum absolute atomic E-state index is 0.331. The Morgan fingerprint density at radius 1 is 0.964 bits per heavy atom. The lowest BCUT2D eigenvalue weighted by atomic mass is 10.1. The number of carbonyl (C=O) groups excluding carboxylic acids is 2.